The molecule has 7 heteroatoms. The summed E-state index contributed by atoms with van der Waals surface area (Å²) in [6.07, 6.45) is 1.88. The number of rotatable bonds is 1. The molecule has 2 fully saturated rings. The van der Waals surface area contributed by atoms with E-state index in [-0.39, 0.29) is 0 Å². The Kier molecular flexibility index (Phi) is 3.72. The molecular weight excluding hydrogens is 234 g/mol. The summed E-state index contributed by atoms with van der Waals surface area (Å²) in [6, 6.07) is 0. The summed E-state index contributed by atoms with van der Waals surface area (Å²) in [5.41, 5.74) is 0. The van der Waals surface area contributed by atoms with E-state index in [2.05, 4.69) is 24.9 Å². The number of nitrogens with zero attached hydrogens (tertiary/aromatic N) is 5. The highest BCUT2D eigenvalue weighted by molar-refractivity contribution is 5.88. The molecule has 3 heterocycles. The van der Waals surface area contributed by atoms with E-state index >= 15 is 0 Å². The normalized spacial score (nSPS) is 26.3. The van der Waals surface area contributed by atoms with E-state index in [1.807, 2.05) is 6.34 Å². The quantitative estimate of drug-likeness (QED) is 0.614. The molecule has 0 spiro atoms. The monoisotopic (exact) mass is 253 g/mol. The summed E-state index contributed by atoms with van der Waals surface area (Å²) in [5, 5.41) is 4.29. The molecule has 0 aliphatic carbocycles. The Morgan fingerprint density at radius 1 is 0.944 bits per heavy atom. The zero-order chi connectivity index (χ0) is 12.2. The number of ether oxygens (including phenoxy) is 2. The molecular formula is C11H19N5O2. The summed E-state index contributed by atoms with van der Waals surface area (Å²) in [7, 11) is 0. The molecule has 0 atom stereocenters. The maximum atomic E-state index is 5.34. The molecule has 100 valence electrons. The summed E-state index contributed by atoms with van der Waals surface area (Å²) in [4.78, 5) is 11.2. The smallest absolute Gasteiger partial charge is 0.224 e. The van der Waals surface area contributed by atoms with E-state index in [0.717, 1.165) is 58.6 Å². The molecule has 3 rings (SSSR count). The van der Waals surface area contributed by atoms with Gasteiger partial charge in [-0.2, -0.15) is 0 Å². The topological polar surface area (TPSA) is 52.9 Å². The van der Waals surface area contributed by atoms with Gasteiger partial charge in [-0.05, 0) is 0 Å². The number of aliphatic imine (C=N–C) groups is 2. The molecule has 0 radical (unpaired) electrons. The molecule has 2 saturated heterocycles. The predicted octanol–water partition coefficient (Wildman–Crippen LogP) is -0.777. The Hall–Kier alpha value is -1.18. The Morgan fingerprint density at radius 3 is 2.22 bits per heavy atom. The Bertz CT molecular complexity index is 334. The van der Waals surface area contributed by atoms with Gasteiger partial charge in [0.2, 0.25) is 5.96 Å². The lowest BCUT2D eigenvalue weighted by molar-refractivity contribution is -0.0470. The fourth-order valence-electron chi connectivity index (χ4n) is 2.25. The first-order valence-corrected chi connectivity index (χ1v) is 6.44. The molecule has 0 amide bonds. The van der Waals surface area contributed by atoms with E-state index in [1.54, 1.807) is 0 Å². The van der Waals surface area contributed by atoms with Crippen molar-refractivity contribution < 1.29 is 9.47 Å². The van der Waals surface area contributed by atoms with Crippen LogP contribution >= 0.6 is 0 Å². The van der Waals surface area contributed by atoms with Crippen LogP contribution in [0.25, 0.3) is 0 Å². The second kappa shape index (κ2) is 5.64. The van der Waals surface area contributed by atoms with Crippen LogP contribution in [0.4, 0.5) is 0 Å². The zero-order valence-corrected chi connectivity index (χ0v) is 10.5. The first kappa shape index (κ1) is 11.9. The third kappa shape index (κ3) is 2.63. The van der Waals surface area contributed by atoms with Crippen LogP contribution in [0.2, 0.25) is 0 Å². The van der Waals surface area contributed by atoms with Gasteiger partial charge in [0.05, 0.1) is 26.4 Å². The zero-order valence-electron chi connectivity index (χ0n) is 10.5. The van der Waals surface area contributed by atoms with Crippen LogP contribution in [0.1, 0.15) is 0 Å². The van der Waals surface area contributed by atoms with Gasteiger partial charge in [-0.1, -0.05) is 0 Å². The van der Waals surface area contributed by atoms with Gasteiger partial charge in [0, 0.05) is 26.2 Å². The maximum Gasteiger partial charge on any atom is 0.224 e. The van der Waals surface area contributed by atoms with Gasteiger partial charge < -0.3 is 14.4 Å². The van der Waals surface area contributed by atoms with Crippen LogP contribution in [0, 0.1) is 0 Å². The van der Waals surface area contributed by atoms with Gasteiger partial charge in [0.1, 0.15) is 13.0 Å². The van der Waals surface area contributed by atoms with Gasteiger partial charge in [0.25, 0.3) is 0 Å². The van der Waals surface area contributed by atoms with Crippen molar-refractivity contribution in [2.75, 3.05) is 59.3 Å². The minimum absolute atomic E-state index is 0.649. The Morgan fingerprint density at radius 2 is 1.61 bits per heavy atom. The fourth-order valence-corrected chi connectivity index (χ4v) is 2.25. The van der Waals surface area contributed by atoms with E-state index in [9.17, 15) is 0 Å². The van der Waals surface area contributed by atoms with Crippen molar-refractivity contribution in [3.8, 4) is 0 Å². The second-order valence-corrected chi connectivity index (χ2v) is 4.45. The van der Waals surface area contributed by atoms with Gasteiger partial charge in [0.15, 0.2) is 0 Å². The van der Waals surface area contributed by atoms with Crippen LogP contribution < -0.4 is 0 Å². The molecule has 3 aliphatic rings. The maximum absolute atomic E-state index is 5.34. The summed E-state index contributed by atoms with van der Waals surface area (Å²) >= 11 is 0. The number of guanidine groups is 1. The highest BCUT2D eigenvalue weighted by Gasteiger charge is 2.21. The molecule has 18 heavy (non-hydrogen) atoms. The van der Waals surface area contributed by atoms with Crippen molar-refractivity contribution in [3.63, 3.8) is 0 Å². The Labute approximate surface area is 107 Å². The Balaban J connectivity index is 1.55. The number of hydrogen-bond donors (Lipinski definition) is 0. The first-order chi connectivity index (χ1) is 8.93. The third-order valence-electron chi connectivity index (χ3n) is 3.31. The molecule has 0 aromatic carbocycles. The van der Waals surface area contributed by atoms with Crippen molar-refractivity contribution in [1.29, 1.82) is 0 Å². The molecule has 0 N–H and O–H groups in total. The van der Waals surface area contributed by atoms with Crippen molar-refractivity contribution >= 4 is 12.3 Å². The lowest BCUT2D eigenvalue weighted by atomic mass is 10.4. The average molecular weight is 253 g/mol. The summed E-state index contributed by atoms with van der Waals surface area (Å²) in [6.45, 7) is 7.33. The van der Waals surface area contributed by atoms with Crippen molar-refractivity contribution in [1.82, 2.24) is 14.9 Å². The van der Waals surface area contributed by atoms with Crippen molar-refractivity contribution in [3.05, 3.63) is 0 Å². The fraction of sp³-hybridized carbons (Fsp3) is 0.818. The predicted molar refractivity (Wildman–Crippen MR) is 67.4 cm³/mol. The minimum Gasteiger partial charge on any atom is -0.379 e. The van der Waals surface area contributed by atoms with Crippen LogP contribution in [-0.4, -0.2) is 86.5 Å². The van der Waals surface area contributed by atoms with Crippen LogP contribution in [0.15, 0.2) is 9.98 Å². The lowest BCUT2D eigenvalue weighted by Crippen LogP contribution is -2.50. The number of morpholine rings is 2. The molecule has 0 saturated carbocycles. The van der Waals surface area contributed by atoms with Gasteiger partial charge >= 0.3 is 0 Å². The molecule has 7 nitrogen and oxygen atoms in total. The molecule has 0 unspecified atom stereocenters. The van der Waals surface area contributed by atoms with Crippen LogP contribution in [0.3, 0.4) is 0 Å². The first-order valence-electron chi connectivity index (χ1n) is 6.44. The van der Waals surface area contributed by atoms with Crippen molar-refractivity contribution in [2.45, 2.75) is 0 Å². The number of hydrogen-bond acceptors (Lipinski definition) is 7. The largest absolute Gasteiger partial charge is 0.379 e. The van der Waals surface area contributed by atoms with E-state index in [0.29, 0.717) is 6.67 Å². The molecule has 0 aromatic rings. The second-order valence-electron chi connectivity index (χ2n) is 4.45. The third-order valence-corrected chi connectivity index (χ3v) is 3.31. The van der Waals surface area contributed by atoms with E-state index in [1.165, 1.54) is 0 Å². The minimum atomic E-state index is 0.649. The standard InChI is InChI=1S/C11H19N5O2/c1-5-17-6-2-14(1)11-12-9-16(10-13-11)15-3-7-18-8-4-15/h9H,1-8,10H2. The van der Waals surface area contributed by atoms with Crippen molar-refractivity contribution in [2.24, 2.45) is 9.98 Å². The van der Waals surface area contributed by atoms with Crippen LogP contribution in [0.5, 0.6) is 0 Å². The summed E-state index contributed by atoms with van der Waals surface area (Å²) in [5.74, 6) is 0.836. The van der Waals surface area contributed by atoms with Gasteiger partial charge in [-0.15, -0.1) is 0 Å². The molecule has 3 aliphatic heterocycles. The van der Waals surface area contributed by atoms with Gasteiger partial charge in [-0.25, -0.2) is 15.0 Å². The highest BCUT2D eigenvalue weighted by Crippen LogP contribution is 2.07. The highest BCUT2D eigenvalue weighted by atomic mass is 16.5. The van der Waals surface area contributed by atoms with Gasteiger partial charge in [-0.3, -0.25) is 5.01 Å². The number of hydrazine groups is 1. The van der Waals surface area contributed by atoms with E-state index in [4.69, 9.17) is 9.47 Å². The molecule has 0 bridgehead atoms. The summed E-state index contributed by atoms with van der Waals surface area (Å²) < 4.78 is 10.7. The molecule has 0 aromatic heterocycles. The van der Waals surface area contributed by atoms with E-state index < -0.39 is 0 Å². The SMILES string of the molecule is C1=NC(N2CCOCC2)=NCN1N1CCOCC1. The van der Waals surface area contributed by atoms with Crippen LogP contribution in [-0.2, 0) is 9.47 Å². The lowest BCUT2D eigenvalue weighted by Gasteiger charge is -2.37. The average Bonchev–Trinajstić information content (AvgIpc) is 2.49.